The number of rotatable bonds is 2. The predicted octanol–water partition coefficient (Wildman–Crippen LogP) is 3.07. The highest BCUT2D eigenvalue weighted by Gasteiger charge is 2.36. The van der Waals surface area contributed by atoms with Crippen molar-refractivity contribution in [3.63, 3.8) is 0 Å². The van der Waals surface area contributed by atoms with Crippen LogP contribution < -0.4 is 4.90 Å². The fourth-order valence-corrected chi connectivity index (χ4v) is 3.56. The number of halogens is 1. The Morgan fingerprint density at radius 2 is 1.94 bits per heavy atom. The summed E-state index contributed by atoms with van der Waals surface area (Å²) in [4.78, 5) is 2.41. The van der Waals surface area contributed by atoms with Gasteiger partial charge in [-0.3, -0.25) is 0 Å². The normalized spacial score (nSPS) is 27.5. The number of aliphatic hydroxyl groups excluding tert-OH is 1. The van der Waals surface area contributed by atoms with Crippen LogP contribution in [0.15, 0.2) is 18.2 Å². The molecule has 2 atom stereocenters. The van der Waals surface area contributed by atoms with Gasteiger partial charge >= 0.3 is 0 Å². The zero-order valence-corrected chi connectivity index (χ0v) is 10.7. The third kappa shape index (κ3) is 2.04. The van der Waals surface area contributed by atoms with E-state index < -0.39 is 0 Å². The molecule has 1 saturated heterocycles. The lowest BCUT2D eigenvalue weighted by molar-refractivity contribution is 0.282. The molecule has 1 aromatic rings. The Morgan fingerprint density at radius 3 is 2.59 bits per heavy atom. The van der Waals surface area contributed by atoms with Gasteiger partial charge in [-0.25, -0.2) is 0 Å². The second-order valence-electron chi connectivity index (χ2n) is 5.29. The molecule has 1 heterocycles. The fourth-order valence-electron chi connectivity index (χ4n) is 3.40. The van der Waals surface area contributed by atoms with Crippen molar-refractivity contribution >= 4 is 17.3 Å². The minimum atomic E-state index is 0.0956. The lowest BCUT2D eigenvalue weighted by Gasteiger charge is -2.22. The largest absolute Gasteiger partial charge is 0.392 e. The number of anilines is 1. The smallest absolute Gasteiger partial charge is 0.0702 e. The van der Waals surface area contributed by atoms with Crippen molar-refractivity contribution in [3.05, 3.63) is 28.8 Å². The highest BCUT2D eigenvalue weighted by Crippen LogP contribution is 2.40. The van der Waals surface area contributed by atoms with Gasteiger partial charge in [-0.1, -0.05) is 24.1 Å². The van der Waals surface area contributed by atoms with Crippen LogP contribution in [-0.4, -0.2) is 18.2 Å². The van der Waals surface area contributed by atoms with Crippen LogP contribution in [0.3, 0.4) is 0 Å². The second kappa shape index (κ2) is 4.51. The van der Waals surface area contributed by atoms with Gasteiger partial charge in [-0.15, -0.1) is 0 Å². The standard InChI is InChI=1S/C14H18ClNO/c15-13-5-4-12(9-17)14(6-13)16-7-10-2-1-3-11(10)8-16/h4-6,10-11,17H,1-3,7-9H2. The Hall–Kier alpha value is -0.730. The molecule has 0 bridgehead atoms. The molecule has 1 aliphatic carbocycles. The van der Waals surface area contributed by atoms with Crippen molar-refractivity contribution in [2.75, 3.05) is 18.0 Å². The zero-order chi connectivity index (χ0) is 11.8. The van der Waals surface area contributed by atoms with Gasteiger partial charge in [0.1, 0.15) is 0 Å². The zero-order valence-electron chi connectivity index (χ0n) is 9.90. The van der Waals surface area contributed by atoms with E-state index in [1.807, 2.05) is 18.2 Å². The number of nitrogens with zero attached hydrogens (tertiary/aromatic N) is 1. The Kier molecular flexibility index (Phi) is 3.01. The molecule has 1 saturated carbocycles. The topological polar surface area (TPSA) is 23.5 Å². The van der Waals surface area contributed by atoms with E-state index in [4.69, 9.17) is 11.6 Å². The molecule has 92 valence electrons. The maximum absolute atomic E-state index is 9.40. The SMILES string of the molecule is OCc1ccc(Cl)cc1N1CC2CCCC2C1. The van der Waals surface area contributed by atoms with Gasteiger partial charge in [0.25, 0.3) is 0 Å². The summed E-state index contributed by atoms with van der Waals surface area (Å²) in [5, 5.41) is 10.2. The summed E-state index contributed by atoms with van der Waals surface area (Å²) in [5.41, 5.74) is 2.13. The first-order valence-electron chi connectivity index (χ1n) is 6.42. The van der Waals surface area contributed by atoms with Gasteiger partial charge in [0.2, 0.25) is 0 Å². The van der Waals surface area contributed by atoms with Gasteiger partial charge in [-0.05, 0) is 36.8 Å². The van der Waals surface area contributed by atoms with Crippen molar-refractivity contribution in [1.29, 1.82) is 0 Å². The molecule has 0 spiro atoms. The van der Waals surface area contributed by atoms with Crippen LogP contribution in [0, 0.1) is 11.8 Å². The highest BCUT2D eigenvalue weighted by molar-refractivity contribution is 6.30. The first-order valence-corrected chi connectivity index (χ1v) is 6.80. The predicted molar refractivity (Wildman–Crippen MR) is 70.4 cm³/mol. The van der Waals surface area contributed by atoms with Crippen LogP contribution in [-0.2, 0) is 6.61 Å². The molecular formula is C14H18ClNO. The molecule has 0 amide bonds. The van der Waals surface area contributed by atoms with Gasteiger partial charge in [0, 0.05) is 29.4 Å². The van der Waals surface area contributed by atoms with E-state index in [9.17, 15) is 5.11 Å². The summed E-state index contributed by atoms with van der Waals surface area (Å²) in [6.07, 6.45) is 4.14. The molecule has 2 nitrogen and oxygen atoms in total. The summed E-state index contributed by atoms with van der Waals surface area (Å²) in [6, 6.07) is 5.79. The molecule has 1 N–H and O–H groups in total. The Bertz CT molecular complexity index is 409. The third-order valence-electron chi connectivity index (χ3n) is 4.28. The minimum absolute atomic E-state index is 0.0956. The number of hydrogen-bond acceptors (Lipinski definition) is 2. The summed E-state index contributed by atoms with van der Waals surface area (Å²) in [7, 11) is 0. The summed E-state index contributed by atoms with van der Waals surface area (Å²) >= 11 is 6.06. The molecule has 1 aromatic carbocycles. The van der Waals surface area contributed by atoms with Crippen molar-refractivity contribution in [2.45, 2.75) is 25.9 Å². The number of aliphatic hydroxyl groups is 1. The van der Waals surface area contributed by atoms with Crippen LogP contribution in [0.2, 0.25) is 5.02 Å². The lowest BCUT2D eigenvalue weighted by Crippen LogP contribution is -2.22. The van der Waals surface area contributed by atoms with Crippen LogP contribution in [0.1, 0.15) is 24.8 Å². The monoisotopic (exact) mass is 251 g/mol. The molecule has 2 aliphatic rings. The average Bonchev–Trinajstić information content (AvgIpc) is 2.88. The molecule has 2 fully saturated rings. The molecule has 17 heavy (non-hydrogen) atoms. The van der Waals surface area contributed by atoms with Crippen LogP contribution in [0.5, 0.6) is 0 Å². The van der Waals surface area contributed by atoms with E-state index >= 15 is 0 Å². The maximum Gasteiger partial charge on any atom is 0.0702 e. The molecule has 2 unspecified atom stereocenters. The van der Waals surface area contributed by atoms with Crippen molar-refractivity contribution in [2.24, 2.45) is 11.8 Å². The molecular weight excluding hydrogens is 234 g/mol. The van der Waals surface area contributed by atoms with Gasteiger partial charge in [0.15, 0.2) is 0 Å². The molecule has 3 rings (SSSR count). The van der Waals surface area contributed by atoms with Gasteiger partial charge < -0.3 is 10.0 Å². The number of hydrogen-bond donors (Lipinski definition) is 1. The molecule has 0 radical (unpaired) electrons. The van der Waals surface area contributed by atoms with Crippen molar-refractivity contribution < 1.29 is 5.11 Å². The van der Waals surface area contributed by atoms with E-state index in [0.717, 1.165) is 41.2 Å². The maximum atomic E-state index is 9.40. The van der Waals surface area contributed by atoms with E-state index in [0.29, 0.717) is 0 Å². The number of fused-ring (bicyclic) bond motifs is 1. The van der Waals surface area contributed by atoms with E-state index in [-0.39, 0.29) is 6.61 Å². The van der Waals surface area contributed by atoms with E-state index in [1.54, 1.807) is 0 Å². The van der Waals surface area contributed by atoms with Crippen LogP contribution in [0.25, 0.3) is 0 Å². The van der Waals surface area contributed by atoms with E-state index in [1.165, 1.54) is 19.3 Å². The lowest BCUT2D eigenvalue weighted by atomic mass is 10.0. The minimum Gasteiger partial charge on any atom is -0.392 e. The van der Waals surface area contributed by atoms with Gasteiger partial charge in [0.05, 0.1) is 6.61 Å². The molecule has 0 aromatic heterocycles. The summed E-state index contributed by atoms with van der Waals surface area (Å²) in [6.45, 7) is 2.37. The van der Waals surface area contributed by atoms with Crippen LogP contribution in [0.4, 0.5) is 5.69 Å². The Labute approximate surface area is 107 Å². The fraction of sp³-hybridized carbons (Fsp3) is 0.571. The van der Waals surface area contributed by atoms with Crippen molar-refractivity contribution in [3.8, 4) is 0 Å². The molecule has 3 heteroatoms. The quantitative estimate of drug-likeness (QED) is 0.873. The van der Waals surface area contributed by atoms with Crippen molar-refractivity contribution in [1.82, 2.24) is 0 Å². The first kappa shape index (κ1) is 11.4. The second-order valence-corrected chi connectivity index (χ2v) is 5.72. The summed E-state index contributed by atoms with van der Waals surface area (Å²) in [5.74, 6) is 1.72. The number of benzene rings is 1. The van der Waals surface area contributed by atoms with Crippen LogP contribution >= 0.6 is 11.6 Å². The van der Waals surface area contributed by atoms with Gasteiger partial charge in [-0.2, -0.15) is 0 Å². The first-order chi connectivity index (χ1) is 8.28. The van der Waals surface area contributed by atoms with E-state index in [2.05, 4.69) is 4.90 Å². The molecule has 1 aliphatic heterocycles. The third-order valence-corrected chi connectivity index (χ3v) is 4.52. The average molecular weight is 252 g/mol. The Balaban J connectivity index is 1.87. The Morgan fingerprint density at radius 1 is 1.24 bits per heavy atom. The summed E-state index contributed by atoms with van der Waals surface area (Å²) < 4.78 is 0. The highest BCUT2D eigenvalue weighted by atomic mass is 35.5.